The Balaban J connectivity index is 1.51. The Morgan fingerprint density at radius 3 is 2.79 bits per heavy atom. The van der Waals surface area contributed by atoms with Crippen LogP contribution < -0.4 is 10.2 Å². The molecule has 1 aliphatic rings. The van der Waals surface area contributed by atoms with Crippen molar-refractivity contribution < 1.29 is 9.59 Å². The summed E-state index contributed by atoms with van der Waals surface area (Å²) in [5.74, 6) is 0.914. The first-order chi connectivity index (χ1) is 14.0. The first-order valence-corrected chi connectivity index (χ1v) is 10.3. The van der Waals surface area contributed by atoms with E-state index >= 15 is 0 Å². The maximum absolute atomic E-state index is 12.8. The molecule has 3 aromatic rings. The van der Waals surface area contributed by atoms with Gasteiger partial charge in [-0.25, -0.2) is 0 Å². The standard InChI is InChI=1S/C21H21N5O2S/c1-14-23-24-21(26(14)18-8-5-7-17(12-18)22-15(2)27)29-13-20(28)25-11-10-16-6-3-4-9-19(16)25/h3-9,12H,10-11,13H2,1-2H3,(H,22,27). The van der Waals surface area contributed by atoms with E-state index in [-0.39, 0.29) is 17.6 Å². The fourth-order valence-corrected chi connectivity index (χ4v) is 4.33. The van der Waals surface area contributed by atoms with E-state index in [0.717, 1.165) is 17.8 Å². The molecular weight excluding hydrogens is 386 g/mol. The number of hydrogen-bond donors (Lipinski definition) is 1. The number of nitrogens with zero attached hydrogens (tertiary/aromatic N) is 4. The molecule has 0 aliphatic carbocycles. The number of carbonyl (C=O) groups is 2. The minimum atomic E-state index is -0.131. The Morgan fingerprint density at radius 2 is 1.97 bits per heavy atom. The quantitative estimate of drug-likeness (QED) is 0.657. The number of thioether (sulfide) groups is 1. The second-order valence-corrected chi connectivity index (χ2v) is 7.75. The predicted octanol–water partition coefficient (Wildman–Crippen LogP) is 3.22. The molecule has 0 unspecified atom stereocenters. The lowest BCUT2D eigenvalue weighted by Gasteiger charge is -2.17. The van der Waals surface area contributed by atoms with Gasteiger partial charge in [-0.1, -0.05) is 36.0 Å². The zero-order valence-corrected chi connectivity index (χ0v) is 17.1. The van der Waals surface area contributed by atoms with Crippen LogP contribution in [-0.2, 0) is 16.0 Å². The van der Waals surface area contributed by atoms with Crippen LogP contribution in [0.3, 0.4) is 0 Å². The molecule has 29 heavy (non-hydrogen) atoms. The third-order valence-electron chi connectivity index (χ3n) is 4.73. The largest absolute Gasteiger partial charge is 0.326 e. The smallest absolute Gasteiger partial charge is 0.237 e. The summed E-state index contributed by atoms with van der Waals surface area (Å²) in [4.78, 5) is 26.0. The lowest BCUT2D eigenvalue weighted by molar-refractivity contribution is -0.116. The van der Waals surface area contributed by atoms with Crippen molar-refractivity contribution >= 4 is 35.0 Å². The Bertz CT molecular complexity index is 1080. The fourth-order valence-electron chi connectivity index (χ4n) is 3.46. The first kappa shape index (κ1) is 19.2. The monoisotopic (exact) mass is 407 g/mol. The summed E-state index contributed by atoms with van der Waals surface area (Å²) >= 11 is 1.36. The van der Waals surface area contributed by atoms with Crippen molar-refractivity contribution in [3.8, 4) is 5.69 Å². The molecule has 0 spiro atoms. The summed E-state index contributed by atoms with van der Waals surface area (Å²) in [5, 5.41) is 11.8. The highest BCUT2D eigenvalue weighted by Crippen LogP contribution is 2.29. The average molecular weight is 407 g/mol. The van der Waals surface area contributed by atoms with Gasteiger partial charge in [0, 0.05) is 24.8 Å². The zero-order chi connectivity index (χ0) is 20.4. The summed E-state index contributed by atoms with van der Waals surface area (Å²) in [6.45, 7) is 4.05. The number of benzene rings is 2. The molecule has 0 bridgehead atoms. The second kappa shape index (κ2) is 8.08. The molecule has 2 heterocycles. The molecule has 1 aliphatic heterocycles. The van der Waals surface area contributed by atoms with Crippen LogP contribution in [0.2, 0.25) is 0 Å². The number of anilines is 2. The van der Waals surface area contributed by atoms with Gasteiger partial charge in [0.25, 0.3) is 0 Å². The predicted molar refractivity (Wildman–Crippen MR) is 114 cm³/mol. The molecule has 0 fully saturated rings. The molecule has 2 amide bonds. The molecule has 7 nitrogen and oxygen atoms in total. The van der Waals surface area contributed by atoms with Crippen molar-refractivity contribution in [3.63, 3.8) is 0 Å². The normalized spacial score (nSPS) is 12.7. The molecule has 2 aromatic carbocycles. The van der Waals surface area contributed by atoms with Crippen LogP contribution >= 0.6 is 11.8 Å². The van der Waals surface area contributed by atoms with E-state index in [4.69, 9.17) is 0 Å². The Hall–Kier alpha value is -3.13. The maximum atomic E-state index is 12.8. The topological polar surface area (TPSA) is 80.1 Å². The summed E-state index contributed by atoms with van der Waals surface area (Å²) in [5.41, 5.74) is 3.74. The third kappa shape index (κ3) is 4.02. The number of carbonyl (C=O) groups excluding carboxylic acids is 2. The van der Waals surface area contributed by atoms with Gasteiger partial charge in [-0.2, -0.15) is 0 Å². The van der Waals surface area contributed by atoms with Gasteiger partial charge in [0.05, 0.1) is 11.4 Å². The van der Waals surface area contributed by atoms with E-state index in [9.17, 15) is 9.59 Å². The van der Waals surface area contributed by atoms with Crippen molar-refractivity contribution in [3.05, 3.63) is 59.9 Å². The van der Waals surface area contributed by atoms with E-state index in [2.05, 4.69) is 21.6 Å². The van der Waals surface area contributed by atoms with Crippen LogP contribution in [0.4, 0.5) is 11.4 Å². The van der Waals surface area contributed by atoms with Gasteiger partial charge >= 0.3 is 0 Å². The van der Waals surface area contributed by atoms with Crippen LogP contribution in [0.1, 0.15) is 18.3 Å². The molecule has 4 rings (SSSR count). The van der Waals surface area contributed by atoms with Crippen molar-refractivity contribution in [1.29, 1.82) is 0 Å². The summed E-state index contributed by atoms with van der Waals surface area (Å²) in [6.07, 6.45) is 0.887. The maximum Gasteiger partial charge on any atom is 0.237 e. The van der Waals surface area contributed by atoms with Gasteiger partial charge < -0.3 is 10.2 Å². The van der Waals surface area contributed by atoms with Gasteiger partial charge in [-0.15, -0.1) is 10.2 Å². The Morgan fingerprint density at radius 1 is 1.14 bits per heavy atom. The van der Waals surface area contributed by atoms with Crippen LogP contribution in [0, 0.1) is 6.92 Å². The number of hydrogen-bond acceptors (Lipinski definition) is 5. The van der Waals surface area contributed by atoms with Crippen LogP contribution in [0.5, 0.6) is 0 Å². The highest BCUT2D eigenvalue weighted by Gasteiger charge is 2.24. The minimum Gasteiger partial charge on any atom is -0.326 e. The van der Waals surface area contributed by atoms with Crippen molar-refractivity contribution in [2.24, 2.45) is 0 Å². The molecule has 0 saturated heterocycles. The van der Waals surface area contributed by atoms with Crippen LogP contribution in [0.25, 0.3) is 5.69 Å². The molecule has 0 atom stereocenters. The second-order valence-electron chi connectivity index (χ2n) is 6.81. The van der Waals surface area contributed by atoms with Crippen molar-refractivity contribution in [1.82, 2.24) is 14.8 Å². The van der Waals surface area contributed by atoms with Gasteiger partial charge in [-0.05, 0) is 43.2 Å². The number of para-hydroxylation sites is 1. The number of amides is 2. The van der Waals surface area contributed by atoms with Gasteiger partial charge in [0.2, 0.25) is 11.8 Å². The van der Waals surface area contributed by atoms with Crippen LogP contribution in [-0.4, -0.2) is 38.9 Å². The van der Waals surface area contributed by atoms with Gasteiger partial charge in [0.1, 0.15) is 5.82 Å². The number of aryl methyl sites for hydroxylation is 1. The molecule has 148 valence electrons. The van der Waals surface area contributed by atoms with Gasteiger partial charge in [0.15, 0.2) is 5.16 Å². The number of aromatic nitrogens is 3. The van der Waals surface area contributed by atoms with Crippen LogP contribution in [0.15, 0.2) is 53.7 Å². The average Bonchev–Trinajstić information content (AvgIpc) is 3.29. The van der Waals surface area contributed by atoms with E-state index in [1.54, 1.807) is 0 Å². The van der Waals surface area contributed by atoms with Crippen molar-refractivity contribution in [2.45, 2.75) is 25.4 Å². The highest BCUT2D eigenvalue weighted by molar-refractivity contribution is 7.99. The Labute approximate surface area is 173 Å². The Kier molecular flexibility index (Phi) is 5.35. The molecule has 0 radical (unpaired) electrons. The lowest BCUT2D eigenvalue weighted by atomic mass is 10.2. The van der Waals surface area contributed by atoms with Crippen molar-refractivity contribution in [2.75, 3.05) is 22.5 Å². The summed E-state index contributed by atoms with van der Waals surface area (Å²) < 4.78 is 1.89. The molecule has 1 aromatic heterocycles. The summed E-state index contributed by atoms with van der Waals surface area (Å²) in [6, 6.07) is 15.5. The first-order valence-electron chi connectivity index (χ1n) is 9.34. The molecule has 1 N–H and O–H groups in total. The van der Waals surface area contributed by atoms with Gasteiger partial charge in [-0.3, -0.25) is 14.2 Å². The number of rotatable bonds is 5. The molecular formula is C21H21N5O2S. The SMILES string of the molecule is CC(=O)Nc1cccc(-n2c(C)nnc2SCC(=O)N2CCc3ccccc32)c1. The van der Waals surface area contributed by atoms with E-state index in [1.165, 1.54) is 24.2 Å². The van der Waals surface area contributed by atoms with E-state index < -0.39 is 0 Å². The fraction of sp³-hybridized carbons (Fsp3) is 0.238. The summed E-state index contributed by atoms with van der Waals surface area (Å²) in [7, 11) is 0. The molecule has 8 heteroatoms. The van der Waals surface area contributed by atoms with E-state index in [1.807, 2.05) is 58.9 Å². The van der Waals surface area contributed by atoms with E-state index in [0.29, 0.717) is 23.2 Å². The number of nitrogens with one attached hydrogen (secondary N) is 1. The molecule has 0 saturated carbocycles. The lowest BCUT2D eigenvalue weighted by Crippen LogP contribution is -2.30. The highest BCUT2D eigenvalue weighted by atomic mass is 32.2. The third-order valence-corrected chi connectivity index (χ3v) is 5.65. The zero-order valence-electron chi connectivity index (χ0n) is 16.3. The number of fused-ring (bicyclic) bond motifs is 1. The minimum absolute atomic E-state index is 0.0548.